The SMILES string of the molecule is COCCCCNC(=O)c1cc(S(=O)(=O)Cl)cc(F)c1F. The molecule has 0 atom stereocenters. The molecule has 0 saturated carbocycles. The van der Waals surface area contributed by atoms with Crippen molar-refractivity contribution in [2.24, 2.45) is 0 Å². The van der Waals surface area contributed by atoms with Gasteiger partial charge in [-0.15, -0.1) is 0 Å². The number of benzene rings is 1. The molecule has 0 heterocycles. The lowest BCUT2D eigenvalue weighted by Crippen LogP contribution is -2.26. The number of hydrogen-bond acceptors (Lipinski definition) is 4. The first-order valence-electron chi connectivity index (χ1n) is 5.98. The zero-order valence-corrected chi connectivity index (χ0v) is 12.7. The van der Waals surface area contributed by atoms with Crippen LogP contribution in [-0.4, -0.2) is 34.6 Å². The number of carbonyl (C=O) groups excluding carboxylic acids is 1. The predicted molar refractivity (Wildman–Crippen MR) is 72.8 cm³/mol. The van der Waals surface area contributed by atoms with Crippen LogP contribution in [0.3, 0.4) is 0 Å². The lowest BCUT2D eigenvalue weighted by Gasteiger charge is -2.08. The summed E-state index contributed by atoms with van der Waals surface area (Å²) < 4.78 is 54.0. The average molecular weight is 342 g/mol. The van der Waals surface area contributed by atoms with Gasteiger partial charge in [-0.05, 0) is 25.0 Å². The second-order valence-corrected chi connectivity index (χ2v) is 6.73. The number of carbonyl (C=O) groups is 1. The van der Waals surface area contributed by atoms with Crippen molar-refractivity contribution in [2.75, 3.05) is 20.3 Å². The van der Waals surface area contributed by atoms with Gasteiger partial charge >= 0.3 is 0 Å². The van der Waals surface area contributed by atoms with Gasteiger partial charge in [-0.2, -0.15) is 0 Å². The van der Waals surface area contributed by atoms with Crippen LogP contribution in [0.1, 0.15) is 23.2 Å². The first kappa shape index (κ1) is 17.8. The monoisotopic (exact) mass is 341 g/mol. The Kier molecular flexibility index (Phi) is 6.50. The van der Waals surface area contributed by atoms with Gasteiger partial charge in [0.25, 0.3) is 15.0 Å². The molecule has 0 aromatic heterocycles. The molecule has 0 aliphatic rings. The molecule has 1 rings (SSSR count). The van der Waals surface area contributed by atoms with Crippen molar-refractivity contribution < 1.29 is 26.7 Å². The molecule has 0 radical (unpaired) electrons. The first-order valence-corrected chi connectivity index (χ1v) is 8.29. The number of ether oxygens (including phenoxy) is 1. The molecule has 1 N–H and O–H groups in total. The normalized spacial score (nSPS) is 11.4. The zero-order valence-electron chi connectivity index (χ0n) is 11.2. The van der Waals surface area contributed by atoms with E-state index in [1.165, 1.54) is 7.11 Å². The van der Waals surface area contributed by atoms with Gasteiger partial charge < -0.3 is 10.1 Å². The third-order valence-corrected chi connectivity index (χ3v) is 3.92. The molecule has 9 heteroatoms. The van der Waals surface area contributed by atoms with Crippen molar-refractivity contribution in [1.29, 1.82) is 0 Å². The maximum Gasteiger partial charge on any atom is 0.261 e. The van der Waals surface area contributed by atoms with Gasteiger partial charge in [0.05, 0.1) is 10.5 Å². The van der Waals surface area contributed by atoms with E-state index in [4.69, 9.17) is 15.4 Å². The summed E-state index contributed by atoms with van der Waals surface area (Å²) in [6, 6.07) is 1.12. The van der Waals surface area contributed by atoms with E-state index >= 15 is 0 Å². The highest BCUT2D eigenvalue weighted by molar-refractivity contribution is 8.13. The molecule has 0 unspecified atom stereocenters. The molecule has 0 spiro atoms. The van der Waals surface area contributed by atoms with Crippen LogP contribution in [0.4, 0.5) is 8.78 Å². The van der Waals surface area contributed by atoms with Gasteiger partial charge in [0.15, 0.2) is 11.6 Å². The first-order chi connectivity index (χ1) is 9.77. The van der Waals surface area contributed by atoms with Crippen LogP contribution >= 0.6 is 10.7 Å². The van der Waals surface area contributed by atoms with Crippen LogP contribution in [-0.2, 0) is 13.8 Å². The Hall–Kier alpha value is -1.25. The van der Waals surface area contributed by atoms with Crippen LogP contribution in [0.2, 0.25) is 0 Å². The highest BCUT2D eigenvalue weighted by Crippen LogP contribution is 2.21. The van der Waals surface area contributed by atoms with E-state index in [0.29, 0.717) is 31.6 Å². The zero-order chi connectivity index (χ0) is 16.0. The van der Waals surface area contributed by atoms with E-state index in [2.05, 4.69) is 5.32 Å². The number of rotatable bonds is 7. The van der Waals surface area contributed by atoms with E-state index in [1.54, 1.807) is 0 Å². The summed E-state index contributed by atoms with van der Waals surface area (Å²) in [5.41, 5.74) is -0.707. The van der Waals surface area contributed by atoms with Gasteiger partial charge in [0, 0.05) is 30.9 Å². The largest absolute Gasteiger partial charge is 0.385 e. The minimum absolute atomic E-state index is 0.223. The smallest absolute Gasteiger partial charge is 0.261 e. The molecule has 21 heavy (non-hydrogen) atoms. The standard InChI is InChI=1S/C12H14ClF2NO4S/c1-20-5-3-2-4-16-12(17)9-6-8(21(13,18)19)7-10(14)11(9)15/h6-7H,2-5H2,1H3,(H,16,17). The predicted octanol–water partition coefficient (Wildman–Crippen LogP) is 2.05. The van der Waals surface area contributed by atoms with Crippen molar-refractivity contribution in [1.82, 2.24) is 5.32 Å². The van der Waals surface area contributed by atoms with Gasteiger partial charge in [-0.3, -0.25) is 4.79 Å². The molecule has 0 saturated heterocycles. The number of unbranched alkanes of at least 4 members (excludes halogenated alkanes) is 1. The summed E-state index contributed by atoms with van der Waals surface area (Å²) in [7, 11) is 2.33. The summed E-state index contributed by atoms with van der Waals surface area (Å²) in [4.78, 5) is 11.1. The van der Waals surface area contributed by atoms with Gasteiger partial charge in [0.2, 0.25) is 0 Å². The number of nitrogens with one attached hydrogen (secondary N) is 1. The van der Waals surface area contributed by atoms with Gasteiger partial charge in [-0.25, -0.2) is 17.2 Å². The maximum absolute atomic E-state index is 13.6. The van der Waals surface area contributed by atoms with Crippen LogP contribution in [0.25, 0.3) is 0 Å². The van der Waals surface area contributed by atoms with Crippen molar-refractivity contribution in [3.8, 4) is 0 Å². The van der Waals surface area contributed by atoms with Gasteiger partial charge in [-0.1, -0.05) is 0 Å². The molecular formula is C12H14ClF2NO4S. The number of amides is 1. The van der Waals surface area contributed by atoms with E-state index in [-0.39, 0.29) is 6.54 Å². The lowest BCUT2D eigenvalue weighted by molar-refractivity contribution is 0.0946. The molecule has 1 aromatic rings. The Morgan fingerprint density at radius 2 is 2.00 bits per heavy atom. The van der Waals surface area contributed by atoms with Crippen molar-refractivity contribution in [2.45, 2.75) is 17.7 Å². The highest BCUT2D eigenvalue weighted by Gasteiger charge is 2.21. The summed E-state index contributed by atoms with van der Waals surface area (Å²) >= 11 is 0. The molecule has 1 amide bonds. The Balaban J connectivity index is 2.86. The quantitative estimate of drug-likeness (QED) is 0.608. The van der Waals surface area contributed by atoms with E-state index in [0.717, 1.165) is 0 Å². The lowest BCUT2D eigenvalue weighted by atomic mass is 10.2. The van der Waals surface area contributed by atoms with Crippen molar-refractivity contribution in [3.05, 3.63) is 29.3 Å². The van der Waals surface area contributed by atoms with Crippen LogP contribution in [0.15, 0.2) is 17.0 Å². The second-order valence-electron chi connectivity index (χ2n) is 4.16. The molecule has 0 fully saturated rings. The fourth-order valence-corrected chi connectivity index (χ4v) is 2.31. The molecule has 0 aliphatic carbocycles. The minimum atomic E-state index is -4.26. The summed E-state index contributed by atoms with van der Waals surface area (Å²) in [5.74, 6) is -3.79. The number of halogens is 3. The van der Waals surface area contributed by atoms with E-state index in [9.17, 15) is 22.0 Å². The third kappa shape index (κ3) is 5.22. The summed E-state index contributed by atoms with van der Waals surface area (Å²) in [6.45, 7) is 0.736. The second kappa shape index (κ2) is 7.67. The van der Waals surface area contributed by atoms with Crippen LogP contribution in [0.5, 0.6) is 0 Å². The molecular weight excluding hydrogens is 328 g/mol. The van der Waals surface area contributed by atoms with Crippen molar-refractivity contribution in [3.63, 3.8) is 0 Å². The molecule has 1 aromatic carbocycles. The van der Waals surface area contributed by atoms with E-state index in [1.807, 2.05) is 0 Å². The number of methoxy groups -OCH3 is 1. The van der Waals surface area contributed by atoms with Crippen molar-refractivity contribution >= 4 is 25.6 Å². The molecule has 118 valence electrons. The average Bonchev–Trinajstić information content (AvgIpc) is 2.40. The molecule has 0 aliphatic heterocycles. The summed E-state index contributed by atoms with van der Waals surface area (Å²) in [6.07, 6.45) is 1.26. The van der Waals surface area contributed by atoms with Crippen LogP contribution < -0.4 is 5.32 Å². The summed E-state index contributed by atoms with van der Waals surface area (Å²) in [5, 5.41) is 2.37. The third-order valence-electron chi connectivity index (χ3n) is 2.59. The Morgan fingerprint density at radius 1 is 1.33 bits per heavy atom. The highest BCUT2D eigenvalue weighted by atomic mass is 35.7. The Morgan fingerprint density at radius 3 is 2.57 bits per heavy atom. The van der Waals surface area contributed by atoms with Gasteiger partial charge in [0.1, 0.15) is 0 Å². The Labute approximate surface area is 125 Å². The fraction of sp³-hybridized carbons (Fsp3) is 0.417. The number of hydrogen-bond donors (Lipinski definition) is 1. The maximum atomic E-state index is 13.6. The van der Waals surface area contributed by atoms with Crippen LogP contribution in [0, 0.1) is 11.6 Å². The Bertz CT molecular complexity index is 622. The minimum Gasteiger partial charge on any atom is -0.385 e. The topological polar surface area (TPSA) is 72.5 Å². The van der Waals surface area contributed by atoms with E-state index < -0.39 is 37.1 Å². The molecule has 0 bridgehead atoms. The molecule has 5 nitrogen and oxygen atoms in total. The fourth-order valence-electron chi connectivity index (χ4n) is 1.54.